The zero-order chi connectivity index (χ0) is 21.3. The topological polar surface area (TPSA) is 65.0 Å². The van der Waals surface area contributed by atoms with Crippen LogP contribution in [0, 0.1) is 6.92 Å². The number of halogens is 2. The third kappa shape index (κ3) is 4.79. The molecule has 1 N–H and O–H groups in total. The second-order valence-electron chi connectivity index (χ2n) is 7.06. The molecule has 28 heavy (non-hydrogen) atoms. The molecule has 0 aliphatic rings. The number of aryl methyl sites for hydroxylation is 1. The van der Waals surface area contributed by atoms with Crippen LogP contribution in [0.3, 0.4) is 0 Å². The second-order valence-corrected chi connectivity index (χ2v) is 9.68. The van der Waals surface area contributed by atoms with Gasteiger partial charge in [0.05, 0.1) is 28.4 Å². The number of alkyl halides is 2. The standard InChI is InChI=1S/C19H25F2O5PS/c1-7-24-27(25-8-2)19(20,21)16-11(3)13-9-12(10-14(22)15(13)28-16)17(23)26-18(4,5)6/h9-10,22H,7-8H2,1-6H3. The largest absolute Gasteiger partial charge is 0.506 e. The summed E-state index contributed by atoms with van der Waals surface area (Å²) in [5.41, 5.74) is -3.69. The average molecular weight is 434 g/mol. The maximum atomic E-state index is 15.1. The highest BCUT2D eigenvalue weighted by Gasteiger charge is 2.47. The fraction of sp³-hybridized carbons (Fsp3) is 0.526. The molecular weight excluding hydrogens is 409 g/mol. The molecule has 0 aliphatic heterocycles. The highest BCUT2D eigenvalue weighted by atomic mass is 32.1. The van der Waals surface area contributed by atoms with Gasteiger partial charge in [-0.15, -0.1) is 11.3 Å². The Hall–Kier alpha value is -1.34. The van der Waals surface area contributed by atoms with Crippen LogP contribution in [0.15, 0.2) is 12.1 Å². The van der Waals surface area contributed by atoms with Gasteiger partial charge in [0.15, 0.2) is 0 Å². The van der Waals surface area contributed by atoms with E-state index in [0.717, 1.165) is 11.3 Å². The zero-order valence-corrected chi connectivity index (χ0v) is 18.5. The van der Waals surface area contributed by atoms with Crippen LogP contribution in [0.1, 0.15) is 55.4 Å². The van der Waals surface area contributed by atoms with E-state index in [-0.39, 0.29) is 39.7 Å². The monoisotopic (exact) mass is 434 g/mol. The van der Waals surface area contributed by atoms with Crippen molar-refractivity contribution in [2.24, 2.45) is 0 Å². The predicted octanol–water partition coefficient (Wildman–Crippen LogP) is 6.30. The number of esters is 1. The Bertz CT molecular complexity index is 854. The zero-order valence-electron chi connectivity index (χ0n) is 16.8. The molecule has 0 amide bonds. The third-order valence-electron chi connectivity index (χ3n) is 3.65. The van der Waals surface area contributed by atoms with Gasteiger partial charge in [-0.3, -0.25) is 0 Å². The number of phenolic OH excluding ortho intramolecular Hbond substituents is 1. The molecule has 0 spiro atoms. The number of fused-ring (bicyclic) bond motifs is 1. The van der Waals surface area contributed by atoms with Gasteiger partial charge in [-0.2, -0.15) is 8.78 Å². The van der Waals surface area contributed by atoms with Gasteiger partial charge < -0.3 is 18.9 Å². The van der Waals surface area contributed by atoms with Crippen molar-refractivity contribution in [1.82, 2.24) is 0 Å². The van der Waals surface area contributed by atoms with Gasteiger partial charge in [0.2, 0.25) is 0 Å². The van der Waals surface area contributed by atoms with Gasteiger partial charge in [0.25, 0.3) is 8.38 Å². The Balaban J connectivity index is 2.55. The lowest BCUT2D eigenvalue weighted by atomic mass is 10.1. The normalized spacial score (nSPS) is 12.8. The Morgan fingerprint density at radius 3 is 2.25 bits per heavy atom. The molecule has 5 nitrogen and oxygen atoms in total. The number of benzene rings is 1. The first kappa shape index (κ1) is 22.9. The highest BCUT2D eigenvalue weighted by molar-refractivity contribution is 7.48. The number of thiophene rings is 1. The van der Waals surface area contributed by atoms with Gasteiger partial charge in [0, 0.05) is 5.39 Å². The molecular formula is C19H25F2O5PS. The predicted molar refractivity (Wildman–Crippen MR) is 107 cm³/mol. The van der Waals surface area contributed by atoms with Crippen molar-refractivity contribution < 1.29 is 32.5 Å². The first-order valence-electron chi connectivity index (χ1n) is 8.86. The van der Waals surface area contributed by atoms with E-state index in [4.69, 9.17) is 13.8 Å². The molecule has 1 aromatic heterocycles. The molecule has 2 rings (SSSR count). The molecule has 0 radical (unpaired) electrons. The van der Waals surface area contributed by atoms with Gasteiger partial charge in [-0.05, 0) is 59.2 Å². The molecule has 0 aliphatic carbocycles. The van der Waals surface area contributed by atoms with Crippen LogP contribution in [0.2, 0.25) is 0 Å². The number of carbonyl (C=O) groups is 1. The molecule has 0 bridgehead atoms. The number of aromatic hydroxyl groups is 1. The van der Waals surface area contributed by atoms with Crippen molar-refractivity contribution in [2.75, 3.05) is 13.2 Å². The van der Waals surface area contributed by atoms with Crippen LogP contribution in [0.25, 0.3) is 10.1 Å². The number of ether oxygens (including phenoxy) is 1. The molecule has 0 unspecified atom stereocenters. The summed E-state index contributed by atoms with van der Waals surface area (Å²) in [6, 6.07) is 2.71. The summed E-state index contributed by atoms with van der Waals surface area (Å²) in [6.45, 7) is 10.2. The van der Waals surface area contributed by atoms with Crippen molar-refractivity contribution >= 4 is 35.8 Å². The van der Waals surface area contributed by atoms with Crippen LogP contribution in [0.5, 0.6) is 5.75 Å². The van der Waals surface area contributed by atoms with E-state index in [1.54, 1.807) is 34.6 Å². The van der Waals surface area contributed by atoms with E-state index < -0.39 is 25.6 Å². The number of carbonyl (C=O) groups excluding carboxylic acids is 1. The van der Waals surface area contributed by atoms with E-state index in [1.807, 2.05) is 0 Å². The van der Waals surface area contributed by atoms with Crippen molar-refractivity contribution in [1.29, 1.82) is 0 Å². The first-order chi connectivity index (χ1) is 12.9. The summed E-state index contributed by atoms with van der Waals surface area (Å²) in [5, 5.41) is 10.7. The van der Waals surface area contributed by atoms with E-state index in [0.29, 0.717) is 5.39 Å². The molecule has 1 aromatic carbocycles. The molecule has 0 fully saturated rings. The highest BCUT2D eigenvalue weighted by Crippen LogP contribution is 2.62. The van der Waals surface area contributed by atoms with Gasteiger partial charge in [-0.25, -0.2) is 4.79 Å². The Kier molecular flexibility index (Phi) is 7.03. The summed E-state index contributed by atoms with van der Waals surface area (Å²) < 4.78 is 46.2. The third-order valence-corrected chi connectivity index (χ3v) is 6.87. The Morgan fingerprint density at radius 1 is 1.18 bits per heavy atom. The molecule has 0 saturated heterocycles. The molecule has 9 heteroatoms. The van der Waals surface area contributed by atoms with E-state index in [2.05, 4.69) is 0 Å². The van der Waals surface area contributed by atoms with Crippen LogP contribution in [-0.4, -0.2) is 29.9 Å². The smallest absolute Gasteiger partial charge is 0.348 e. The number of hydrogen-bond donors (Lipinski definition) is 1. The molecule has 1 heterocycles. The summed E-state index contributed by atoms with van der Waals surface area (Å²) in [5.74, 6) is -0.875. The second kappa shape index (κ2) is 8.57. The summed E-state index contributed by atoms with van der Waals surface area (Å²) in [6.07, 6.45) is 0. The first-order valence-corrected chi connectivity index (χ1v) is 10.9. The van der Waals surface area contributed by atoms with Crippen molar-refractivity contribution in [3.63, 3.8) is 0 Å². The fourth-order valence-electron chi connectivity index (χ4n) is 2.56. The summed E-state index contributed by atoms with van der Waals surface area (Å²) in [4.78, 5) is 12.1. The lowest BCUT2D eigenvalue weighted by Gasteiger charge is -2.24. The summed E-state index contributed by atoms with van der Waals surface area (Å²) >= 11 is 0.775. The molecule has 2 aromatic rings. The van der Waals surface area contributed by atoms with Crippen LogP contribution >= 0.6 is 19.7 Å². The van der Waals surface area contributed by atoms with Crippen LogP contribution < -0.4 is 0 Å². The average Bonchev–Trinajstić information content (AvgIpc) is 2.91. The van der Waals surface area contributed by atoms with Gasteiger partial charge in [0.1, 0.15) is 11.4 Å². The van der Waals surface area contributed by atoms with Crippen LogP contribution in [0.4, 0.5) is 8.78 Å². The quantitative estimate of drug-likeness (QED) is 0.409. The Labute approximate surface area is 168 Å². The molecule has 0 saturated carbocycles. The van der Waals surface area contributed by atoms with Gasteiger partial charge in [-0.1, -0.05) is 0 Å². The molecule has 0 atom stereocenters. The minimum absolute atomic E-state index is 0.0965. The van der Waals surface area contributed by atoms with Crippen molar-refractivity contribution in [3.8, 4) is 5.75 Å². The van der Waals surface area contributed by atoms with Crippen LogP contribution in [-0.2, 0) is 19.4 Å². The number of hydrogen-bond acceptors (Lipinski definition) is 6. The van der Waals surface area contributed by atoms with Gasteiger partial charge >= 0.3 is 11.6 Å². The van der Waals surface area contributed by atoms with E-state index in [1.165, 1.54) is 19.1 Å². The lowest BCUT2D eigenvalue weighted by molar-refractivity contribution is 0.00692. The van der Waals surface area contributed by atoms with Crippen molar-refractivity contribution in [3.05, 3.63) is 28.1 Å². The minimum Gasteiger partial charge on any atom is -0.506 e. The molecule has 156 valence electrons. The number of phenols is 1. The van der Waals surface area contributed by atoms with E-state index >= 15 is 8.78 Å². The maximum Gasteiger partial charge on any atom is 0.348 e. The fourth-order valence-corrected chi connectivity index (χ4v) is 5.20. The SMILES string of the molecule is CCOP(OCC)C(F)(F)c1sc2c(O)cc(C(=O)OC(C)(C)C)cc2c1C. The Morgan fingerprint density at radius 2 is 1.75 bits per heavy atom. The maximum absolute atomic E-state index is 15.1. The minimum atomic E-state index is -3.35. The van der Waals surface area contributed by atoms with E-state index in [9.17, 15) is 9.90 Å². The van der Waals surface area contributed by atoms with Crippen molar-refractivity contribution in [2.45, 2.75) is 52.8 Å². The summed E-state index contributed by atoms with van der Waals surface area (Å²) in [7, 11) is -2.48. The number of rotatable bonds is 7. The lowest BCUT2D eigenvalue weighted by Crippen LogP contribution is -2.23.